The number of halogens is 1. The fraction of sp³-hybridized carbons (Fsp3) is 0.409. The Morgan fingerprint density at radius 1 is 1.24 bits per heavy atom. The van der Waals surface area contributed by atoms with E-state index in [2.05, 4.69) is 25.5 Å². The molecule has 2 fully saturated rings. The van der Waals surface area contributed by atoms with Crippen LogP contribution in [0.4, 0.5) is 10.2 Å². The molecule has 33 heavy (non-hydrogen) atoms. The summed E-state index contributed by atoms with van der Waals surface area (Å²) in [5.74, 6) is -0.865. The van der Waals surface area contributed by atoms with E-state index in [0.717, 1.165) is 19.3 Å². The quantitative estimate of drug-likeness (QED) is 0.455. The van der Waals surface area contributed by atoms with E-state index in [9.17, 15) is 9.18 Å². The summed E-state index contributed by atoms with van der Waals surface area (Å²) < 4.78 is 19.5. The zero-order valence-electron chi connectivity index (χ0n) is 17.8. The first-order valence-electron chi connectivity index (χ1n) is 10.7. The topological polar surface area (TPSA) is 142 Å². The Kier molecular flexibility index (Phi) is 5.55. The number of carbonyl (C=O) groups excluding carboxylic acids is 1. The lowest BCUT2D eigenvalue weighted by molar-refractivity contribution is -0.128. The van der Waals surface area contributed by atoms with Gasteiger partial charge >= 0.3 is 0 Å². The molecule has 1 saturated carbocycles. The summed E-state index contributed by atoms with van der Waals surface area (Å²) >= 11 is 1.31. The third-order valence-corrected chi connectivity index (χ3v) is 7.56. The number of hydrogen-bond acceptors (Lipinski definition) is 9. The summed E-state index contributed by atoms with van der Waals surface area (Å²) in [5, 5.41) is 12.4. The van der Waals surface area contributed by atoms with E-state index in [1.54, 1.807) is 30.6 Å². The zero-order valence-corrected chi connectivity index (χ0v) is 18.6. The van der Waals surface area contributed by atoms with Crippen molar-refractivity contribution in [2.45, 2.75) is 36.1 Å². The molecule has 0 aromatic carbocycles. The van der Waals surface area contributed by atoms with Gasteiger partial charge in [0.15, 0.2) is 0 Å². The van der Waals surface area contributed by atoms with Gasteiger partial charge < -0.3 is 21.5 Å². The minimum absolute atomic E-state index is 0.276. The molecule has 4 heterocycles. The van der Waals surface area contributed by atoms with Crippen LogP contribution in [0.1, 0.15) is 35.8 Å². The van der Waals surface area contributed by atoms with E-state index in [1.165, 1.54) is 17.4 Å². The molecule has 0 radical (unpaired) electrons. The van der Waals surface area contributed by atoms with Gasteiger partial charge in [0.25, 0.3) is 0 Å². The number of primary amides is 1. The maximum atomic E-state index is 14.3. The first kappa shape index (κ1) is 21.8. The molecule has 1 amide bonds. The third kappa shape index (κ3) is 3.96. The Bertz CT molecular complexity index is 1160. The number of anilines is 1. The second kappa shape index (κ2) is 8.40. The molecule has 5 N–H and O–H groups in total. The van der Waals surface area contributed by atoms with E-state index in [4.69, 9.17) is 16.2 Å². The lowest BCUT2D eigenvalue weighted by Gasteiger charge is -2.42. The maximum absolute atomic E-state index is 14.3. The Morgan fingerprint density at radius 3 is 2.64 bits per heavy atom. The molecule has 3 aromatic rings. The van der Waals surface area contributed by atoms with Gasteiger partial charge in [0.2, 0.25) is 5.91 Å². The van der Waals surface area contributed by atoms with Crippen molar-refractivity contribution < 1.29 is 13.9 Å². The highest BCUT2D eigenvalue weighted by atomic mass is 32.1. The smallest absolute Gasteiger partial charge is 0.227 e. The summed E-state index contributed by atoms with van der Waals surface area (Å²) in [7, 11) is 0. The molecule has 0 bridgehead atoms. The van der Waals surface area contributed by atoms with Crippen LogP contribution in [0.2, 0.25) is 0 Å². The number of nitrogens with one attached hydrogen (secondary N) is 1. The Hall–Kier alpha value is -3.02. The third-order valence-electron chi connectivity index (χ3n) is 6.47. The van der Waals surface area contributed by atoms with Crippen molar-refractivity contribution in [1.29, 1.82) is 0 Å². The van der Waals surface area contributed by atoms with E-state index in [0.29, 0.717) is 33.6 Å². The summed E-state index contributed by atoms with van der Waals surface area (Å²) in [6.45, 7) is 1.08. The molecule has 1 aliphatic heterocycles. The Balaban J connectivity index is 1.29. The average molecular weight is 470 g/mol. The first-order chi connectivity index (χ1) is 15.9. The van der Waals surface area contributed by atoms with Crippen LogP contribution in [0.25, 0.3) is 10.7 Å². The number of thiazole rings is 1. The van der Waals surface area contributed by atoms with Crippen molar-refractivity contribution in [2.75, 3.05) is 25.1 Å². The number of nitrogens with zero attached hydrogens (tertiary/aromatic N) is 4. The molecule has 1 aliphatic carbocycles. The van der Waals surface area contributed by atoms with Gasteiger partial charge in [-0.15, -0.1) is 21.5 Å². The van der Waals surface area contributed by atoms with Gasteiger partial charge in [0.05, 0.1) is 30.4 Å². The molecule has 0 spiro atoms. The summed E-state index contributed by atoms with van der Waals surface area (Å²) in [5.41, 5.74) is 11.8. The normalized spacial score (nSPS) is 19.2. The van der Waals surface area contributed by atoms with E-state index in [-0.39, 0.29) is 24.4 Å². The largest absolute Gasteiger partial charge is 0.377 e. The van der Waals surface area contributed by atoms with E-state index in [1.807, 2.05) is 0 Å². The van der Waals surface area contributed by atoms with Crippen LogP contribution in [0.15, 0.2) is 36.7 Å². The molecule has 3 aromatic heterocycles. The number of pyridine rings is 1. The van der Waals surface area contributed by atoms with Crippen molar-refractivity contribution in [3.63, 3.8) is 0 Å². The molecule has 1 unspecified atom stereocenters. The van der Waals surface area contributed by atoms with Crippen LogP contribution in [-0.4, -0.2) is 51.4 Å². The predicted molar refractivity (Wildman–Crippen MR) is 121 cm³/mol. The highest BCUT2D eigenvalue weighted by molar-refractivity contribution is 7.15. The summed E-state index contributed by atoms with van der Waals surface area (Å²) in [6, 6.07) is 6.66. The summed E-state index contributed by atoms with van der Waals surface area (Å²) in [4.78, 5) is 21.4. The van der Waals surface area contributed by atoms with Crippen molar-refractivity contribution in [3.05, 3.63) is 53.0 Å². The van der Waals surface area contributed by atoms with Gasteiger partial charge in [-0.3, -0.25) is 9.78 Å². The lowest BCUT2D eigenvalue weighted by atomic mass is 9.66. The van der Waals surface area contributed by atoms with Gasteiger partial charge in [-0.25, -0.2) is 9.37 Å². The molecular formula is C22H24FN7O2S. The molecule has 172 valence electrons. The fourth-order valence-electron chi connectivity index (χ4n) is 4.43. The van der Waals surface area contributed by atoms with Crippen LogP contribution in [0.3, 0.4) is 0 Å². The molecule has 1 saturated heterocycles. The van der Waals surface area contributed by atoms with Crippen LogP contribution < -0.4 is 16.8 Å². The van der Waals surface area contributed by atoms with E-state index >= 15 is 0 Å². The lowest BCUT2D eigenvalue weighted by Crippen LogP contribution is -2.63. The molecule has 2 aliphatic rings. The van der Waals surface area contributed by atoms with Crippen molar-refractivity contribution >= 4 is 23.1 Å². The molecule has 5 rings (SSSR count). The minimum Gasteiger partial charge on any atom is -0.377 e. The minimum atomic E-state index is -0.806. The van der Waals surface area contributed by atoms with Crippen LogP contribution >= 0.6 is 11.3 Å². The average Bonchev–Trinajstić information content (AvgIpc) is 3.22. The monoisotopic (exact) mass is 469 g/mol. The van der Waals surface area contributed by atoms with Gasteiger partial charge in [-0.05, 0) is 37.1 Å². The summed E-state index contributed by atoms with van der Waals surface area (Å²) in [6.07, 6.45) is 6.02. The Labute approximate surface area is 193 Å². The number of carbonyl (C=O) groups is 1. The molecular weight excluding hydrogens is 445 g/mol. The standard InChI is InChI=1S/C22H24FN7O2S/c23-13-3-1-8-26-18(13)21(6-2-7-21)10-28-16-5-4-14(29-30-16)20-27-9-15(33-20)17(19(24)31)22(25)11-32-12-22/h1,3-5,8-9,17H,2,6-7,10-12,25H2,(H2,24,31)(H,28,30). The second-order valence-corrected chi connectivity index (χ2v) is 9.82. The second-order valence-electron chi connectivity index (χ2n) is 8.75. The Morgan fingerprint density at radius 2 is 2.06 bits per heavy atom. The van der Waals surface area contributed by atoms with Crippen LogP contribution in [0, 0.1) is 5.82 Å². The number of amides is 1. The number of rotatable bonds is 8. The zero-order chi connectivity index (χ0) is 23.1. The van der Waals surface area contributed by atoms with Crippen molar-refractivity contribution in [2.24, 2.45) is 11.5 Å². The first-order valence-corrected chi connectivity index (χ1v) is 11.5. The highest BCUT2D eigenvalue weighted by Crippen LogP contribution is 2.43. The number of hydrogen-bond donors (Lipinski definition) is 3. The number of ether oxygens (including phenoxy) is 1. The molecule has 9 nitrogen and oxygen atoms in total. The predicted octanol–water partition coefficient (Wildman–Crippen LogP) is 1.96. The van der Waals surface area contributed by atoms with Crippen LogP contribution in [-0.2, 0) is 14.9 Å². The molecule has 1 atom stereocenters. The maximum Gasteiger partial charge on any atom is 0.227 e. The van der Waals surface area contributed by atoms with Gasteiger partial charge in [0, 0.05) is 29.2 Å². The van der Waals surface area contributed by atoms with Gasteiger partial charge in [-0.2, -0.15) is 0 Å². The highest BCUT2D eigenvalue weighted by Gasteiger charge is 2.47. The number of nitrogens with two attached hydrogens (primary N) is 2. The van der Waals surface area contributed by atoms with Crippen molar-refractivity contribution in [1.82, 2.24) is 20.2 Å². The molecule has 11 heteroatoms. The van der Waals surface area contributed by atoms with Gasteiger partial charge in [0.1, 0.15) is 22.3 Å². The van der Waals surface area contributed by atoms with Gasteiger partial charge in [-0.1, -0.05) is 6.42 Å². The fourth-order valence-corrected chi connectivity index (χ4v) is 5.54. The van der Waals surface area contributed by atoms with E-state index < -0.39 is 17.4 Å². The van der Waals surface area contributed by atoms with Crippen molar-refractivity contribution in [3.8, 4) is 10.7 Å². The SMILES string of the molecule is NC(=O)C(c1cnc(-c2ccc(NCC3(c4ncccc4F)CCC3)nn2)s1)C1(N)COC1. The number of aromatic nitrogens is 4. The van der Waals surface area contributed by atoms with Crippen LogP contribution in [0.5, 0.6) is 0 Å².